The summed E-state index contributed by atoms with van der Waals surface area (Å²) in [6.07, 6.45) is 8.96. The third kappa shape index (κ3) is 2.98. The molecule has 5 rings (SSSR count). The van der Waals surface area contributed by atoms with Crippen LogP contribution in [-0.2, 0) is 19.3 Å². The van der Waals surface area contributed by atoms with E-state index in [2.05, 4.69) is 18.7 Å². The molecule has 1 aliphatic heterocycles. The highest BCUT2D eigenvalue weighted by Crippen LogP contribution is 2.42. The molecule has 0 radical (unpaired) electrons. The molecule has 0 saturated carbocycles. The molecule has 1 fully saturated rings. The largest absolute Gasteiger partial charge is 0.344 e. The van der Waals surface area contributed by atoms with Crippen LogP contribution < -0.4 is 9.80 Å². The molecule has 2 aliphatic rings. The van der Waals surface area contributed by atoms with Gasteiger partial charge in [0.15, 0.2) is 5.82 Å². The van der Waals surface area contributed by atoms with Gasteiger partial charge in [-0.05, 0) is 50.2 Å². The lowest BCUT2D eigenvalue weighted by atomic mass is 10.0. The molecule has 3 aromatic rings. The Morgan fingerprint density at radius 1 is 1.11 bits per heavy atom. The molecule has 0 atom stereocenters. The Kier molecular flexibility index (Phi) is 4.93. The van der Waals surface area contributed by atoms with Crippen LogP contribution in [0.4, 0.5) is 5.82 Å². The van der Waals surface area contributed by atoms with Gasteiger partial charge in [0, 0.05) is 11.1 Å². The zero-order valence-electron chi connectivity index (χ0n) is 17.1. The molecule has 0 unspecified atom stereocenters. The summed E-state index contributed by atoms with van der Waals surface area (Å²) in [5, 5.41) is 1.33. The molecule has 0 aromatic carbocycles. The number of hydrogen-bond acceptors (Lipinski definition) is 5. The van der Waals surface area contributed by atoms with E-state index in [0.29, 0.717) is 0 Å². The number of likely N-dealkylation sites (N-methyl/N-ethyl adjacent to an activating group) is 1. The minimum Gasteiger partial charge on any atom is -0.344 e. The summed E-state index contributed by atoms with van der Waals surface area (Å²) >= 11 is 1.82. The van der Waals surface area contributed by atoms with Crippen molar-refractivity contribution in [3.8, 4) is 0 Å². The normalized spacial score (nSPS) is 17.7. The second-order valence-electron chi connectivity index (χ2n) is 8.22. The average Bonchev–Trinajstić information content (AvgIpc) is 3.36. The number of unbranched alkanes of at least 4 members (excludes halogenated alkanes) is 1. The summed E-state index contributed by atoms with van der Waals surface area (Å²) < 4.78 is 1.24. The maximum atomic E-state index is 5.16. The molecule has 5 nitrogen and oxygen atoms in total. The van der Waals surface area contributed by atoms with Crippen LogP contribution in [0.3, 0.4) is 0 Å². The van der Waals surface area contributed by atoms with E-state index in [0.717, 1.165) is 30.8 Å². The lowest BCUT2D eigenvalue weighted by molar-refractivity contribution is -0.898. The van der Waals surface area contributed by atoms with Crippen LogP contribution in [0.1, 0.15) is 49.9 Å². The van der Waals surface area contributed by atoms with Crippen LogP contribution in [0.2, 0.25) is 0 Å². The maximum Gasteiger partial charge on any atom is 0.150 e. The van der Waals surface area contributed by atoms with Gasteiger partial charge in [-0.1, -0.05) is 13.3 Å². The van der Waals surface area contributed by atoms with Crippen molar-refractivity contribution in [2.75, 3.05) is 37.6 Å². The summed E-state index contributed by atoms with van der Waals surface area (Å²) in [4.78, 5) is 20.0. The first kappa shape index (κ1) is 18.3. The number of quaternary nitrogens is 1. The Morgan fingerprint density at radius 2 is 1.93 bits per heavy atom. The number of nitrogens with zero attached hydrogens (tertiary/aromatic N) is 4. The summed E-state index contributed by atoms with van der Waals surface area (Å²) in [6, 6.07) is 0. The lowest BCUT2D eigenvalue weighted by Crippen LogP contribution is -3.14. The van der Waals surface area contributed by atoms with Crippen LogP contribution >= 0.6 is 11.3 Å². The van der Waals surface area contributed by atoms with Crippen molar-refractivity contribution in [3.05, 3.63) is 23.1 Å². The summed E-state index contributed by atoms with van der Waals surface area (Å²) in [7, 11) is 0. The van der Waals surface area contributed by atoms with Crippen molar-refractivity contribution >= 4 is 37.6 Å². The highest BCUT2D eigenvalue weighted by Gasteiger charge is 2.26. The topological polar surface area (TPSA) is 46.4 Å². The van der Waals surface area contributed by atoms with Crippen LogP contribution in [0.25, 0.3) is 20.4 Å². The Morgan fingerprint density at radius 3 is 2.71 bits per heavy atom. The molecule has 0 spiro atoms. The number of aromatic nitrogens is 3. The predicted molar refractivity (Wildman–Crippen MR) is 117 cm³/mol. The second-order valence-corrected chi connectivity index (χ2v) is 9.22. The summed E-state index contributed by atoms with van der Waals surface area (Å²) in [5.74, 6) is 1.13. The van der Waals surface area contributed by atoms with Gasteiger partial charge in [-0.25, -0.2) is 15.0 Å². The van der Waals surface area contributed by atoms with Gasteiger partial charge in [0.05, 0.1) is 42.9 Å². The molecule has 3 aromatic heterocycles. The molecule has 28 heavy (non-hydrogen) atoms. The van der Waals surface area contributed by atoms with E-state index in [9.17, 15) is 0 Å². The number of anilines is 1. The Bertz CT molecular complexity index is 1000. The zero-order chi connectivity index (χ0) is 19.1. The fourth-order valence-electron chi connectivity index (χ4n) is 4.93. The standard InChI is InChI=1S/C22H29N5S/c1-3-5-9-17-15-7-6-8-16(15)18-19-20(28-22(18)25-17)21(24-14-23-19)27-12-10-26(4-2)11-13-27/h14H,3-13H2,1-2H3/p+1. The van der Waals surface area contributed by atoms with E-state index < -0.39 is 0 Å². The average molecular weight is 397 g/mol. The quantitative estimate of drug-likeness (QED) is 0.720. The Balaban J connectivity index is 1.62. The molecule has 1 saturated heterocycles. The fraction of sp³-hybridized carbons (Fsp3) is 0.591. The van der Waals surface area contributed by atoms with Crippen molar-refractivity contribution in [1.82, 2.24) is 15.0 Å². The maximum absolute atomic E-state index is 5.16. The van der Waals surface area contributed by atoms with Crippen LogP contribution in [-0.4, -0.2) is 47.7 Å². The number of pyridine rings is 1. The molecule has 148 valence electrons. The first-order valence-electron chi connectivity index (χ1n) is 11.0. The number of rotatable bonds is 5. The van der Waals surface area contributed by atoms with E-state index in [1.807, 2.05) is 11.3 Å². The van der Waals surface area contributed by atoms with E-state index in [1.54, 1.807) is 11.2 Å². The molecule has 4 heterocycles. The number of thiophene rings is 1. The van der Waals surface area contributed by atoms with E-state index in [-0.39, 0.29) is 0 Å². The molecule has 0 amide bonds. The van der Waals surface area contributed by atoms with Crippen LogP contribution in [0, 0.1) is 0 Å². The van der Waals surface area contributed by atoms with Crippen molar-refractivity contribution in [2.24, 2.45) is 0 Å². The SMILES string of the molecule is CCCCc1nc2sc3c(N4CC[NH+](CC)CC4)ncnc3c2c2c1CCC2. The lowest BCUT2D eigenvalue weighted by Gasteiger charge is -2.32. The monoisotopic (exact) mass is 396 g/mol. The van der Waals surface area contributed by atoms with Crippen molar-refractivity contribution in [1.29, 1.82) is 0 Å². The van der Waals surface area contributed by atoms with E-state index in [4.69, 9.17) is 15.0 Å². The number of hydrogen-bond donors (Lipinski definition) is 1. The first-order valence-corrected chi connectivity index (χ1v) is 11.8. The summed E-state index contributed by atoms with van der Waals surface area (Å²) in [6.45, 7) is 10.3. The van der Waals surface area contributed by atoms with Gasteiger partial charge in [0.2, 0.25) is 0 Å². The first-order chi connectivity index (χ1) is 13.8. The third-order valence-corrected chi connectivity index (χ3v) is 7.64. The molecular weight excluding hydrogens is 366 g/mol. The van der Waals surface area contributed by atoms with Gasteiger partial charge in [0.25, 0.3) is 0 Å². The Labute approximate surface area is 170 Å². The van der Waals surface area contributed by atoms with Crippen LogP contribution in [0.5, 0.6) is 0 Å². The number of fused-ring (bicyclic) bond motifs is 5. The van der Waals surface area contributed by atoms with Gasteiger partial charge >= 0.3 is 0 Å². The van der Waals surface area contributed by atoms with Crippen molar-refractivity contribution < 1.29 is 4.90 Å². The van der Waals surface area contributed by atoms with E-state index >= 15 is 0 Å². The predicted octanol–water partition coefficient (Wildman–Crippen LogP) is 2.80. The highest BCUT2D eigenvalue weighted by molar-refractivity contribution is 7.26. The number of aryl methyl sites for hydroxylation is 2. The van der Waals surface area contributed by atoms with Gasteiger partial charge in [-0.3, -0.25) is 0 Å². The fourth-order valence-corrected chi connectivity index (χ4v) is 6.12. The van der Waals surface area contributed by atoms with Crippen molar-refractivity contribution in [2.45, 2.75) is 52.4 Å². The number of nitrogens with one attached hydrogen (secondary N) is 1. The second kappa shape index (κ2) is 7.56. The number of piperazine rings is 1. The smallest absolute Gasteiger partial charge is 0.150 e. The molecule has 6 heteroatoms. The summed E-state index contributed by atoms with van der Waals surface area (Å²) in [5.41, 5.74) is 5.55. The van der Waals surface area contributed by atoms with Crippen LogP contribution in [0.15, 0.2) is 6.33 Å². The molecule has 1 aliphatic carbocycles. The minimum atomic E-state index is 1.08. The third-order valence-electron chi connectivity index (χ3n) is 6.58. The van der Waals surface area contributed by atoms with Gasteiger partial charge in [-0.15, -0.1) is 11.3 Å². The molecule has 1 N–H and O–H groups in total. The minimum absolute atomic E-state index is 1.08. The van der Waals surface area contributed by atoms with E-state index in [1.165, 1.54) is 83.5 Å². The van der Waals surface area contributed by atoms with Gasteiger partial charge in [0.1, 0.15) is 11.2 Å². The molecule has 0 bridgehead atoms. The Hall–Kier alpha value is -1.79. The van der Waals surface area contributed by atoms with Gasteiger partial charge in [-0.2, -0.15) is 0 Å². The van der Waals surface area contributed by atoms with Crippen molar-refractivity contribution in [3.63, 3.8) is 0 Å². The zero-order valence-corrected chi connectivity index (χ0v) is 17.9. The molecular formula is C22H30N5S+. The van der Waals surface area contributed by atoms with Gasteiger partial charge < -0.3 is 9.80 Å². The highest BCUT2D eigenvalue weighted by atomic mass is 32.1.